The van der Waals surface area contributed by atoms with Crippen molar-refractivity contribution in [3.63, 3.8) is 0 Å². The van der Waals surface area contributed by atoms with Crippen molar-refractivity contribution >= 4 is 11.7 Å². The van der Waals surface area contributed by atoms with Gasteiger partial charge in [-0.15, -0.1) is 0 Å². The number of para-hydroxylation sites is 2. The average molecular weight is 383 g/mol. The Morgan fingerprint density at radius 3 is 2.48 bits per heavy atom. The highest BCUT2D eigenvalue weighted by Crippen LogP contribution is 2.32. The van der Waals surface area contributed by atoms with Crippen LogP contribution < -0.4 is 20.3 Å². The molecule has 0 saturated heterocycles. The second-order valence-corrected chi connectivity index (χ2v) is 4.86. The number of nitriles is 1. The zero-order valence-corrected chi connectivity index (χ0v) is 14.1. The molecule has 1 heterocycles. The molecule has 0 saturated carbocycles. The van der Waals surface area contributed by atoms with E-state index < -0.39 is 23.6 Å². The number of hydrogen-bond acceptors (Lipinski definition) is 6. The standard InChI is InChI=1S/C16H13F4N5O2/c1-22-15(16(18,19)20)25-24-13-10(17)7-9(8-21)14(23-13)27-12-6-4-3-5-11(12)26-2/h3-7H,1-2H3,(H,22,25)(H,23,24). The Bertz CT molecular complexity index is 893. The summed E-state index contributed by atoms with van der Waals surface area (Å²) in [6.07, 6.45) is -4.78. The molecule has 1 aromatic carbocycles. The Morgan fingerprint density at radius 2 is 1.93 bits per heavy atom. The van der Waals surface area contributed by atoms with Crippen molar-refractivity contribution in [1.29, 1.82) is 5.26 Å². The molecule has 2 rings (SSSR count). The van der Waals surface area contributed by atoms with E-state index in [4.69, 9.17) is 14.7 Å². The minimum absolute atomic E-state index is 0.181. The van der Waals surface area contributed by atoms with Crippen molar-refractivity contribution in [2.75, 3.05) is 19.6 Å². The van der Waals surface area contributed by atoms with Gasteiger partial charge in [0.1, 0.15) is 11.6 Å². The van der Waals surface area contributed by atoms with E-state index in [0.29, 0.717) is 5.75 Å². The third-order valence-electron chi connectivity index (χ3n) is 3.13. The first-order chi connectivity index (χ1) is 12.8. The molecular formula is C16H13F4N5O2. The number of hydrogen-bond donors (Lipinski definition) is 2. The van der Waals surface area contributed by atoms with E-state index in [9.17, 15) is 17.6 Å². The van der Waals surface area contributed by atoms with Crippen molar-refractivity contribution in [2.45, 2.75) is 6.18 Å². The molecule has 2 N–H and O–H groups in total. The van der Waals surface area contributed by atoms with Crippen LogP contribution in [-0.4, -0.2) is 31.2 Å². The Labute approximate surface area is 151 Å². The molecule has 0 aliphatic carbocycles. The monoisotopic (exact) mass is 383 g/mol. The molecule has 0 amide bonds. The average Bonchev–Trinajstić information content (AvgIpc) is 2.63. The second-order valence-electron chi connectivity index (χ2n) is 4.86. The van der Waals surface area contributed by atoms with Gasteiger partial charge in [0.25, 0.3) is 0 Å². The molecule has 2 aromatic rings. The van der Waals surface area contributed by atoms with Crippen LogP contribution in [0.1, 0.15) is 5.56 Å². The van der Waals surface area contributed by atoms with E-state index in [2.05, 4.69) is 9.98 Å². The van der Waals surface area contributed by atoms with Gasteiger partial charge >= 0.3 is 6.18 Å². The minimum atomic E-state index is -4.78. The molecule has 0 aliphatic rings. The van der Waals surface area contributed by atoms with Crippen molar-refractivity contribution in [1.82, 2.24) is 10.4 Å². The van der Waals surface area contributed by atoms with Gasteiger partial charge in [-0.1, -0.05) is 12.1 Å². The van der Waals surface area contributed by atoms with Gasteiger partial charge in [-0.3, -0.25) is 15.8 Å². The SMILES string of the molecule is CN=C(NNc1nc(Oc2ccccc2OC)c(C#N)cc1F)C(F)(F)F. The molecule has 0 aliphatic heterocycles. The van der Waals surface area contributed by atoms with Crippen LogP contribution in [0.25, 0.3) is 0 Å². The summed E-state index contributed by atoms with van der Waals surface area (Å²) in [5.41, 5.74) is 3.44. The fourth-order valence-corrected chi connectivity index (χ4v) is 1.90. The Balaban J connectivity index is 2.33. The lowest BCUT2D eigenvalue weighted by Gasteiger charge is -2.15. The van der Waals surface area contributed by atoms with Gasteiger partial charge in [0.05, 0.1) is 7.11 Å². The van der Waals surface area contributed by atoms with Crippen LogP contribution in [0.4, 0.5) is 23.4 Å². The number of methoxy groups -OCH3 is 1. The Morgan fingerprint density at radius 1 is 1.26 bits per heavy atom. The summed E-state index contributed by atoms with van der Waals surface area (Å²) < 4.78 is 62.6. The Hall–Kier alpha value is -3.55. The zero-order chi connectivity index (χ0) is 20.0. The van der Waals surface area contributed by atoms with E-state index in [1.54, 1.807) is 29.7 Å². The van der Waals surface area contributed by atoms with Crippen LogP contribution in [0.15, 0.2) is 35.3 Å². The number of aliphatic imine (C=N–C) groups is 1. The number of ether oxygens (including phenoxy) is 2. The number of rotatable bonds is 5. The van der Waals surface area contributed by atoms with Gasteiger partial charge in [0, 0.05) is 13.1 Å². The quantitative estimate of drug-likeness (QED) is 0.356. The van der Waals surface area contributed by atoms with Crippen LogP contribution in [0, 0.1) is 17.1 Å². The predicted molar refractivity (Wildman–Crippen MR) is 88.2 cm³/mol. The number of nitrogens with zero attached hydrogens (tertiary/aromatic N) is 3. The summed E-state index contributed by atoms with van der Waals surface area (Å²) in [5.74, 6) is -2.90. The summed E-state index contributed by atoms with van der Waals surface area (Å²) in [5, 5.41) is 9.13. The molecule has 142 valence electrons. The highest BCUT2D eigenvalue weighted by molar-refractivity contribution is 5.88. The van der Waals surface area contributed by atoms with Crippen LogP contribution in [-0.2, 0) is 0 Å². The molecule has 0 spiro atoms. The lowest BCUT2D eigenvalue weighted by atomic mass is 10.2. The van der Waals surface area contributed by atoms with E-state index in [0.717, 1.165) is 13.1 Å². The maximum atomic E-state index is 14.0. The van der Waals surface area contributed by atoms with Crippen molar-refractivity contribution in [2.24, 2.45) is 4.99 Å². The Kier molecular flexibility index (Phi) is 6.02. The fraction of sp³-hybridized carbons (Fsp3) is 0.188. The van der Waals surface area contributed by atoms with Crippen LogP contribution in [0.5, 0.6) is 17.4 Å². The number of alkyl halides is 3. The van der Waals surface area contributed by atoms with E-state index in [1.165, 1.54) is 13.2 Å². The smallest absolute Gasteiger partial charge is 0.450 e. The van der Waals surface area contributed by atoms with Crippen LogP contribution in [0.2, 0.25) is 0 Å². The third kappa shape index (κ3) is 4.75. The molecule has 27 heavy (non-hydrogen) atoms. The van der Waals surface area contributed by atoms with Crippen molar-refractivity contribution in [3.8, 4) is 23.4 Å². The summed E-state index contributed by atoms with van der Waals surface area (Å²) in [6, 6.07) is 8.88. The molecule has 0 radical (unpaired) electrons. The zero-order valence-electron chi connectivity index (χ0n) is 14.1. The first-order valence-corrected chi connectivity index (χ1v) is 7.27. The number of halogens is 4. The first-order valence-electron chi connectivity index (χ1n) is 7.27. The summed E-state index contributed by atoms with van der Waals surface area (Å²) in [4.78, 5) is 6.75. The molecule has 1 aromatic heterocycles. The summed E-state index contributed by atoms with van der Waals surface area (Å²) in [7, 11) is 2.31. The van der Waals surface area contributed by atoms with Gasteiger partial charge in [-0.2, -0.15) is 23.4 Å². The summed E-state index contributed by atoms with van der Waals surface area (Å²) in [6.45, 7) is 0. The molecule has 0 fully saturated rings. The lowest BCUT2D eigenvalue weighted by molar-refractivity contribution is -0.0615. The van der Waals surface area contributed by atoms with Crippen LogP contribution in [0.3, 0.4) is 0 Å². The van der Waals surface area contributed by atoms with Crippen molar-refractivity contribution in [3.05, 3.63) is 41.7 Å². The number of pyridine rings is 1. The largest absolute Gasteiger partial charge is 0.493 e. The predicted octanol–water partition coefficient (Wildman–Crippen LogP) is 3.40. The maximum Gasteiger partial charge on any atom is 0.450 e. The molecule has 11 heteroatoms. The molecule has 0 unspecified atom stereocenters. The second kappa shape index (κ2) is 8.22. The molecular weight excluding hydrogens is 370 g/mol. The van der Waals surface area contributed by atoms with Gasteiger partial charge < -0.3 is 9.47 Å². The maximum absolute atomic E-state index is 14.0. The number of hydrazine groups is 1. The number of benzene rings is 1. The minimum Gasteiger partial charge on any atom is -0.493 e. The topological polar surface area (TPSA) is 91.6 Å². The van der Waals surface area contributed by atoms with E-state index in [-0.39, 0.29) is 17.2 Å². The van der Waals surface area contributed by atoms with E-state index >= 15 is 0 Å². The van der Waals surface area contributed by atoms with Crippen LogP contribution >= 0.6 is 0 Å². The number of aromatic nitrogens is 1. The third-order valence-corrected chi connectivity index (χ3v) is 3.13. The molecule has 0 bridgehead atoms. The van der Waals surface area contributed by atoms with E-state index in [1.807, 2.05) is 5.43 Å². The highest BCUT2D eigenvalue weighted by Gasteiger charge is 2.35. The number of anilines is 1. The molecule has 7 nitrogen and oxygen atoms in total. The number of nitrogens with one attached hydrogen (secondary N) is 2. The molecule has 0 atom stereocenters. The normalized spacial score (nSPS) is 11.5. The first kappa shape index (κ1) is 19.8. The van der Waals surface area contributed by atoms with Crippen molar-refractivity contribution < 1.29 is 27.0 Å². The van der Waals surface area contributed by atoms with Gasteiger partial charge in [0.2, 0.25) is 11.7 Å². The highest BCUT2D eigenvalue weighted by atomic mass is 19.4. The lowest BCUT2D eigenvalue weighted by Crippen LogP contribution is -2.40. The van der Waals surface area contributed by atoms with Gasteiger partial charge in [-0.25, -0.2) is 4.39 Å². The fourth-order valence-electron chi connectivity index (χ4n) is 1.90. The van der Waals surface area contributed by atoms with Gasteiger partial charge in [-0.05, 0) is 12.1 Å². The van der Waals surface area contributed by atoms with Gasteiger partial charge in [0.15, 0.2) is 23.1 Å². The number of amidine groups is 1. The summed E-state index contributed by atoms with van der Waals surface area (Å²) >= 11 is 0.